The molecule has 6 heteroatoms. The van der Waals surface area contributed by atoms with Gasteiger partial charge in [-0.3, -0.25) is 7.91 Å². The zero-order valence-corrected chi connectivity index (χ0v) is 9.93. The van der Waals surface area contributed by atoms with Crippen LogP contribution in [0.1, 0.15) is 17.3 Å². The summed E-state index contributed by atoms with van der Waals surface area (Å²) >= 11 is 1.76. The van der Waals surface area contributed by atoms with Crippen molar-refractivity contribution in [3.63, 3.8) is 0 Å². The number of phenols is 1. The summed E-state index contributed by atoms with van der Waals surface area (Å²) in [4.78, 5) is 21.7. The summed E-state index contributed by atoms with van der Waals surface area (Å²) in [6.07, 6.45) is 0. The Morgan fingerprint density at radius 3 is 2.47 bits per heavy atom. The lowest BCUT2D eigenvalue weighted by molar-refractivity contribution is -0.115. The van der Waals surface area contributed by atoms with Gasteiger partial charge in [-0.05, 0) is 18.2 Å². The lowest BCUT2D eigenvalue weighted by atomic mass is 10.2. The number of aromatic carboxylic acids is 1. The Kier molecular flexibility index (Phi) is 3.51. The Bertz CT molecular complexity index is 419. The number of halogens is 1. The molecule has 0 saturated heterocycles. The molecule has 0 heterocycles. The second kappa shape index (κ2) is 4.47. The first-order valence-corrected chi connectivity index (χ1v) is 4.92. The topological polar surface area (TPSA) is 77.8 Å². The van der Waals surface area contributed by atoms with Gasteiger partial charge in [-0.25, -0.2) is 4.79 Å². The highest BCUT2D eigenvalue weighted by Gasteiger charge is 2.14. The van der Waals surface area contributed by atoms with Crippen molar-refractivity contribution < 1.29 is 19.8 Å². The Balaban J connectivity index is 3.18. The predicted octanol–water partition coefficient (Wildman–Crippen LogP) is 1.79. The van der Waals surface area contributed by atoms with Crippen LogP contribution in [0.4, 0.5) is 5.69 Å². The molecule has 0 radical (unpaired) electrons. The average molecular weight is 321 g/mol. The minimum Gasteiger partial charge on any atom is -0.507 e. The van der Waals surface area contributed by atoms with Gasteiger partial charge in [0, 0.05) is 6.92 Å². The molecule has 1 aromatic rings. The minimum atomic E-state index is -1.23. The first-order chi connectivity index (χ1) is 6.93. The van der Waals surface area contributed by atoms with Gasteiger partial charge in [-0.2, -0.15) is 0 Å². The first kappa shape index (κ1) is 11.8. The number of hydrogen-bond acceptors (Lipinski definition) is 3. The van der Waals surface area contributed by atoms with E-state index < -0.39 is 5.97 Å². The SMILES string of the molecule is CC(=O)N(I)c1ccc(O)c(C(=O)O)c1. The van der Waals surface area contributed by atoms with Crippen LogP contribution in [-0.4, -0.2) is 22.1 Å². The van der Waals surface area contributed by atoms with E-state index in [1.165, 1.54) is 28.2 Å². The fraction of sp³-hybridized carbons (Fsp3) is 0.111. The number of rotatable bonds is 2. The normalized spacial score (nSPS) is 9.73. The van der Waals surface area contributed by atoms with E-state index >= 15 is 0 Å². The van der Waals surface area contributed by atoms with E-state index in [0.717, 1.165) is 0 Å². The zero-order valence-electron chi connectivity index (χ0n) is 7.77. The van der Waals surface area contributed by atoms with Crippen molar-refractivity contribution >= 4 is 40.4 Å². The second-order valence-electron chi connectivity index (χ2n) is 2.81. The molecule has 1 aromatic carbocycles. The smallest absolute Gasteiger partial charge is 0.339 e. The summed E-state index contributed by atoms with van der Waals surface area (Å²) < 4.78 is 1.27. The summed E-state index contributed by atoms with van der Waals surface area (Å²) in [5.41, 5.74) is 0.189. The summed E-state index contributed by atoms with van der Waals surface area (Å²) in [7, 11) is 0. The van der Waals surface area contributed by atoms with Gasteiger partial charge in [0.25, 0.3) is 0 Å². The third kappa shape index (κ3) is 2.58. The van der Waals surface area contributed by atoms with Crippen LogP contribution < -0.4 is 3.11 Å². The number of aromatic hydroxyl groups is 1. The van der Waals surface area contributed by atoms with Crippen LogP contribution in [0.5, 0.6) is 5.75 Å². The molecule has 0 aromatic heterocycles. The lowest BCUT2D eigenvalue weighted by Gasteiger charge is -2.12. The second-order valence-corrected chi connectivity index (χ2v) is 3.77. The van der Waals surface area contributed by atoms with Gasteiger partial charge < -0.3 is 10.2 Å². The molecule has 0 fully saturated rings. The molecule has 1 rings (SSSR count). The molecule has 0 unspecified atom stereocenters. The Hall–Kier alpha value is -1.31. The molecule has 2 N–H and O–H groups in total. The highest BCUT2D eigenvalue weighted by Crippen LogP contribution is 2.26. The molecule has 5 nitrogen and oxygen atoms in total. The van der Waals surface area contributed by atoms with Crippen LogP contribution in [0.15, 0.2) is 18.2 Å². The summed E-state index contributed by atoms with van der Waals surface area (Å²) in [6.45, 7) is 1.36. The molecule has 0 aliphatic rings. The Morgan fingerprint density at radius 2 is 2.00 bits per heavy atom. The third-order valence-corrected chi connectivity index (χ3v) is 2.95. The van der Waals surface area contributed by atoms with E-state index in [9.17, 15) is 14.7 Å². The number of carboxylic acids is 1. The van der Waals surface area contributed by atoms with Gasteiger partial charge >= 0.3 is 5.97 Å². The maximum Gasteiger partial charge on any atom is 0.339 e. The molecular formula is C9H8INO4. The van der Waals surface area contributed by atoms with Crippen molar-refractivity contribution in [1.29, 1.82) is 0 Å². The molecule has 1 amide bonds. The largest absolute Gasteiger partial charge is 0.507 e. The van der Waals surface area contributed by atoms with E-state index in [1.807, 2.05) is 0 Å². The summed E-state index contributed by atoms with van der Waals surface area (Å²) in [5, 5.41) is 18.0. The Morgan fingerprint density at radius 1 is 1.40 bits per heavy atom. The minimum absolute atomic E-state index is 0.224. The van der Waals surface area contributed by atoms with E-state index in [0.29, 0.717) is 5.69 Å². The van der Waals surface area contributed by atoms with Crippen molar-refractivity contribution in [1.82, 2.24) is 0 Å². The van der Waals surface area contributed by atoms with Gasteiger partial charge in [0.2, 0.25) is 5.91 Å². The lowest BCUT2D eigenvalue weighted by Crippen LogP contribution is -2.15. The maximum absolute atomic E-state index is 11.0. The molecule has 0 aliphatic carbocycles. The van der Waals surface area contributed by atoms with Gasteiger partial charge in [-0.15, -0.1) is 0 Å². The maximum atomic E-state index is 11.0. The molecule has 0 bridgehead atoms. The fourth-order valence-corrected chi connectivity index (χ4v) is 1.30. The number of benzene rings is 1. The van der Waals surface area contributed by atoms with Crippen molar-refractivity contribution in [3.05, 3.63) is 23.8 Å². The third-order valence-electron chi connectivity index (χ3n) is 1.71. The van der Waals surface area contributed by atoms with Crippen LogP contribution in [-0.2, 0) is 4.79 Å². The van der Waals surface area contributed by atoms with E-state index in [-0.39, 0.29) is 17.2 Å². The number of nitrogens with zero attached hydrogens (tertiary/aromatic N) is 1. The van der Waals surface area contributed by atoms with Crippen LogP contribution in [0.25, 0.3) is 0 Å². The van der Waals surface area contributed by atoms with Crippen LogP contribution in [0.2, 0.25) is 0 Å². The predicted molar refractivity (Wildman–Crippen MR) is 62.2 cm³/mol. The molecular weight excluding hydrogens is 313 g/mol. The van der Waals surface area contributed by atoms with Crippen molar-refractivity contribution in [3.8, 4) is 5.75 Å². The number of carbonyl (C=O) groups excluding carboxylic acids is 1. The number of amides is 1. The van der Waals surface area contributed by atoms with Gasteiger partial charge in [0.05, 0.1) is 28.6 Å². The number of carbonyl (C=O) groups is 2. The first-order valence-electron chi connectivity index (χ1n) is 3.96. The van der Waals surface area contributed by atoms with Crippen LogP contribution in [0, 0.1) is 0 Å². The monoisotopic (exact) mass is 321 g/mol. The molecule has 0 aliphatic heterocycles. The number of anilines is 1. The summed E-state index contributed by atoms with van der Waals surface area (Å²) in [5.74, 6) is -1.78. The zero-order chi connectivity index (χ0) is 11.6. The van der Waals surface area contributed by atoms with Gasteiger partial charge in [0.1, 0.15) is 11.3 Å². The van der Waals surface area contributed by atoms with Crippen molar-refractivity contribution in [2.75, 3.05) is 3.11 Å². The van der Waals surface area contributed by atoms with Crippen LogP contribution >= 0.6 is 22.9 Å². The average Bonchev–Trinajstić information content (AvgIpc) is 2.16. The van der Waals surface area contributed by atoms with E-state index in [2.05, 4.69) is 0 Å². The molecule has 0 saturated carbocycles. The fourth-order valence-electron chi connectivity index (χ4n) is 0.999. The Labute approximate surface area is 99.8 Å². The van der Waals surface area contributed by atoms with Gasteiger partial charge in [-0.1, -0.05) is 0 Å². The standard InChI is InChI=1S/C9H8INO4/c1-5(12)11(10)6-2-3-8(13)7(4-6)9(14)15/h2-4,13H,1H3,(H,14,15). The number of hydrogen-bond donors (Lipinski definition) is 2. The van der Waals surface area contributed by atoms with Crippen LogP contribution in [0.3, 0.4) is 0 Å². The van der Waals surface area contributed by atoms with E-state index in [4.69, 9.17) is 5.11 Å². The molecule has 0 spiro atoms. The summed E-state index contributed by atoms with van der Waals surface area (Å²) in [6, 6.07) is 3.95. The van der Waals surface area contributed by atoms with Crippen molar-refractivity contribution in [2.45, 2.75) is 6.92 Å². The molecule has 80 valence electrons. The molecule has 0 atom stereocenters. The van der Waals surface area contributed by atoms with Gasteiger partial charge in [0.15, 0.2) is 0 Å². The quantitative estimate of drug-likeness (QED) is 0.643. The highest BCUT2D eigenvalue weighted by molar-refractivity contribution is 14.1. The highest BCUT2D eigenvalue weighted by atomic mass is 127. The van der Waals surface area contributed by atoms with Crippen molar-refractivity contribution in [2.24, 2.45) is 0 Å². The molecule has 15 heavy (non-hydrogen) atoms. The van der Waals surface area contributed by atoms with E-state index in [1.54, 1.807) is 22.9 Å². The number of carboxylic acid groups (broad SMARTS) is 1.